The van der Waals surface area contributed by atoms with Crippen LogP contribution in [0.25, 0.3) is 28.4 Å². The fourth-order valence-corrected chi connectivity index (χ4v) is 2.82. The van der Waals surface area contributed by atoms with E-state index >= 15 is 0 Å². The van der Waals surface area contributed by atoms with Crippen LogP contribution in [0.15, 0.2) is 53.1 Å². The highest BCUT2D eigenvalue weighted by atomic mass is 35.5. The molecule has 3 heterocycles. The van der Waals surface area contributed by atoms with Crippen molar-refractivity contribution in [1.82, 2.24) is 14.6 Å². The van der Waals surface area contributed by atoms with Gasteiger partial charge in [-0.3, -0.25) is 0 Å². The van der Waals surface area contributed by atoms with E-state index < -0.39 is 11.9 Å². The lowest BCUT2D eigenvalue weighted by molar-refractivity contribution is -0.142. The molecular formula is C17H8Cl2F3N3O. The molecule has 26 heavy (non-hydrogen) atoms. The van der Waals surface area contributed by atoms with E-state index in [0.29, 0.717) is 10.6 Å². The van der Waals surface area contributed by atoms with Crippen molar-refractivity contribution in [2.45, 2.75) is 6.18 Å². The van der Waals surface area contributed by atoms with Crippen molar-refractivity contribution in [3.8, 4) is 22.7 Å². The first-order valence-electron chi connectivity index (χ1n) is 7.30. The van der Waals surface area contributed by atoms with Crippen LogP contribution in [0.1, 0.15) is 5.69 Å². The number of furan rings is 1. The zero-order chi connectivity index (χ0) is 18.5. The zero-order valence-electron chi connectivity index (χ0n) is 12.8. The van der Waals surface area contributed by atoms with Crippen molar-refractivity contribution in [3.63, 3.8) is 0 Å². The van der Waals surface area contributed by atoms with E-state index in [0.717, 1.165) is 10.6 Å². The maximum absolute atomic E-state index is 13.5. The van der Waals surface area contributed by atoms with Gasteiger partial charge in [-0.1, -0.05) is 29.3 Å². The van der Waals surface area contributed by atoms with Crippen LogP contribution in [0, 0.1) is 0 Å². The molecule has 0 saturated carbocycles. The average Bonchev–Trinajstić information content (AvgIpc) is 3.24. The van der Waals surface area contributed by atoms with Gasteiger partial charge >= 0.3 is 6.18 Å². The van der Waals surface area contributed by atoms with Gasteiger partial charge in [-0.2, -0.15) is 18.3 Å². The molecule has 0 fully saturated rings. The molecule has 0 saturated heterocycles. The SMILES string of the molecule is FC(F)(F)c1cc(-c2ccco2)nc2cc(-c3ccc(Cl)c(Cl)c3)nn12. The molecule has 0 radical (unpaired) electrons. The largest absolute Gasteiger partial charge is 0.463 e. The number of alkyl halides is 3. The number of hydrogen-bond donors (Lipinski definition) is 0. The van der Waals surface area contributed by atoms with Crippen LogP contribution in [-0.2, 0) is 6.18 Å². The first-order valence-corrected chi connectivity index (χ1v) is 8.06. The van der Waals surface area contributed by atoms with Crippen molar-refractivity contribution in [2.24, 2.45) is 0 Å². The maximum Gasteiger partial charge on any atom is 0.433 e. The summed E-state index contributed by atoms with van der Waals surface area (Å²) in [6, 6.07) is 10.2. The highest BCUT2D eigenvalue weighted by Gasteiger charge is 2.35. The molecule has 0 spiro atoms. The Morgan fingerprint density at radius 1 is 0.962 bits per heavy atom. The first kappa shape index (κ1) is 16.9. The van der Waals surface area contributed by atoms with Crippen molar-refractivity contribution >= 4 is 28.8 Å². The Bertz CT molecular complexity index is 1100. The van der Waals surface area contributed by atoms with E-state index in [1.54, 1.807) is 18.2 Å². The third-order valence-electron chi connectivity index (χ3n) is 3.71. The van der Waals surface area contributed by atoms with E-state index in [4.69, 9.17) is 27.6 Å². The summed E-state index contributed by atoms with van der Waals surface area (Å²) in [6.45, 7) is 0. The van der Waals surface area contributed by atoms with Gasteiger partial charge in [-0.05, 0) is 30.3 Å². The van der Waals surface area contributed by atoms with Crippen LogP contribution in [0.5, 0.6) is 0 Å². The van der Waals surface area contributed by atoms with Crippen LogP contribution in [0.4, 0.5) is 13.2 Å². The predicted octanol–water partition coefficient (Wildman–Crippen LogP) is 5.98. The summed E-state index contributed by atoms with van der Waals surface area (Å²) >= 11 is 11.9. The number of benzene rings is 1. The maximum atomic E-state index is 13.5. The minimum Gasteiger partial charge on any atom is -0.463 e. The Hall–Kier alpha value is -2.51. The number of halogens is 5. The molecule has 1 aromatic carbocycles. The second-order valence-corrected chi connectivity index (χ2v) is 6.24. The first-order chi connectivity index (χ1) is 12.3. The molecule has 0 N–H and O–H groups in total. The van der Waals surface area contributed by atoms with Gasteiger partial charge in [0.15, 0.2) is 17.1 Å². The topological polar surface area (TPSA) is 43.3 Å². The molecule has 4 rings (SSSR count). The van der Waals surface area contributed by atoms with Gasteiger partial charge in [0.05, 0.1) is 22.0 Å². The lowest BCUT2D eigenvalue weighted by Crippen LogP contribution is -2.13. The predicted molar refractivity (Wildman–Crippen MR) is 91.1 cm³/mol. The van der Waals surface area contributed by atoms with Crippen molar-refractivity contribution in [3.05, 3.63) is 64.5 Å². The van der Waals surface area contributed by atoms with Crippen molar-refractivity contribution in [2.75, 3.05) is 0 Å². The Balaban J connectivity index is 1.95. The van der Waals surface area contributed by atoms with Crippen LogP contribution < -0.4 is 0 Å². The third kappa shape index (κ3) is 2.93. The summed E-state index contributed by atoms with van der Waals surface area (Å²) in [5.41, 5.74) is -0.0429. The molecule has 0 aliphatic rings. The Morgan fingerprint density at radius 2 is 1.77 bits per heavy atom. The number of rotatable bonds is 2. The quantitative estimate of drug-likeness (QED) is 0.417. The lowest BCUT2D eigenvalue weighted by atomic mass is 10.1. The van der Waals surface area contributed by atoms with Gasteiger partial charge in [-0.15, -0.1) is 0 Å². The van der Waals surface area contributed by atoms with Gasteiger partial charge in [0.1, 0.15) is 5.69 Å². The fraction of sp³-hybridized carbons (Fsp3) is 0.0588. The molecule has 0 bridgehead atoms. The molecule has 4 nitrogen and oxygen atoms in total. The van der Waals surface area contributed by atoms with E-state index in [9.17, 15) is 13.2 Å². The Kier molecular flexibility index (Phi) is 3.93. The summed E-state index contributed by atoms with van der Waals surface area (Å²) in [7, 11) is 0. The van der Waals surface area contributed by atoms with Gasteiger partial charge in [-0.25, -0.2) is 9.50 Å². The van der Waals surface area contributed by atoms with Crippen LogP contribution in [0.3, 0.4) is 0 Å². The van der Waals surface area contributed by atoms with Gasteiger partial charge in [0.2, 0.25) is 0 Å². The van der Waals surface area contributed by atoms with Crippen molar-refractivity contribution in [1.29, 1.82) is 0 Å². The molecule has 0 amide bonds. The van der Waals surface area contributed by atoms with Gasteiger partial charge in [0, 0.05) is 11.6 Å². The van der Waals surface area contributed by atoms with E-state index in [-0.39, 0.29) is 27.8 Å². The third-order valence-corrected chi connectivity index (χ3v) is 4.45. The summed E-state index contributed by atoms with van der Waals surface area (Å²) < 4.78 is 46.5. The number of nitrogens with zero attached hydrogens (tertiary/aromatic N) is 3. The highest BCUT2D eigenvalue weighted by molar-refractivity contribution is 6.42. The van der Waals surface area contributed by atoms with Crippen LogP contribution >= 0.6 is 23.2 Å². The van der Waals surface area contributed by atoms with Crippen LogP contribution in [0.2, 0.25) is 10.0 Å². The number of hydrogen-bond acceptors (Lipinski definition) is 3. The number of aromatic nitrogens is 3. The van der Waals surface area contributed by atoms with E-state index in [1.807, 2.05) is 0 Å². The Labute approximate surface area is 154 Å². The normalized spacial score (nSPS) is 12.0. The molecular weight excluding hydrogens is 390 g/mol. The van der Waals surface area contributed by atoms with E-state index in [2.05, 4.69) is 10.1 Å². The standard InChI is InChI=1S/C17H8Cl2F3N3O/c18-10-4-3-9(6-11(10)19)12-8-16-23-13(14-2-1-5-26-14)7-15(17(20,21)22)25(16)24-12/h1-8H. The van der Waals surface area contributed by atoms with Crippen molar-refractivity contribution < 1.29 is 17.6 Å². The summed E-state index contributed by atoms with van der Waals surface area (Å²) in [5.74, 6) is 0.232. The fourth-order valence-electron chi connectivity index (χ4n) is 2.52. The lowest BCUT2D eigenvalue weighted by Gasteiger charge is -2.09. The monoisotopic (exact) mass is 397 g/mol. The molecule has 9 heteroatoms. The summed E-state index contributed by atoms with van der Waals surface area (Å²) in [4.78, 5) is 4.23. The zero-order valence-corrected chi connectivity index (χ0v) is 14.3. The summed E-state index contributed by atoms with van der Waals surface area (Å²) in [6.07, 6.45) is -3.25. The molecule has 4 aromatic rings. The number of fused-ring (bicyclic) bond motifs is 1. The van der Waals surface area contributed by atoms with Gasteiger partial charge in [0.25, 0.3) is 0 Å². The molecule has 0 aliphatic carbocycles. The smallest absolute Gasteiger partial charge is 0.433 e. The van der Waals surface area contributed by atoms with Crippen LogP contribution in [-0.4, -0.2) is 14.6 Å². The second-order valence-electron chi connectivity index (χ2n) is 5.43. The molecule has 0 aliphatic heterocycles. The van der Waals surface area contributed by atoms with E-state index in [1.165, 1.54) is 24.5 Å². The second kappa shape index (κ2) is 6.03. The highest BCUT2D eigenvalue weighted by Crippen LogP contribution is 2.34. The Morgan fingerprint density at radius 3 is 2.42 bits per heavy atom. The molecule has 0 unspecified atom stereocenters. The minimum atomic E-state index is -4.62. The van der Waals surface area contributed by atoms with Gasteiger partial charge < -0.3 is 4.42 Å². The molecule has 3 aromatic heterocycles. The molecule has 0 atom stereocenters. The molecule has 132 valence electrons. The average molecular weight is 398 g/mol. The minimum absolute atomic E-state index is 0.0345. The summed E-state index contributed by atoms with van der Waals surface area (Å²) in [5, 5.41) is 4.66.